The van der Waals surface area contributed by atoms with Crippen molar-refractivity contribution in [3.63, 3.8) is 0 Å². The molecule has 0 aliphatic rings. The van der Waals surface area contributed by atoms with Crippen molar-refractivity contribution < 1.29 is 4.74 Å². The second-order valence-electron chi connectivity index (χ2n) is 4.83. The van der Waals surface area contributed by atoms with E-state index in [1.165, 1.54) is 0 Å². The maximum atomic E-state index is 6.11. The fourth-order valence-electron chi connectivity index (χ4n) is 2.29. The molecule has 114 valence electrons. The molecule has 0 aliphatic heterocycles. The Morgan fingerprint density at radius 3 is 2.68 bits per heavy atom. The van der Waals surface area contributed by atoms with Crippen LogP contribution in [0.2, 0.25) is 5.02 Å². The first kappa shape index (κ1) is 16.4. The number of fused-ring (bicyclic) bond motifs is 1. The number of benzene rings is 2. The average molecular weight is 335 g/mol. The van der Waals surface area contributed by atoms with Crippen LogP contribution >= 0.6 is 24.0 Å². The number of halogens is 2. The van der Waals surface area contributed by atoms with E-state index in [1.807, 2.05) is 55.5 Å². The molecule has 0 spiro atoms. The fourth-order valence-corrected chi connectivity index (χ4v) is 2.46. The van der Waals surface area contributed by atoms with Crippen molar-refractivity contribution >= 4 is 46.3 Å². The largest absolute Gasteiger partial charge is 0.497 e. The van der Waals surface area contributed by atoms with Crippen molar-refractivity contribution in [1.29, 1.82) is 0 Å². The number of rotatable bonds is 3. The lowest BCUT2D eigenvalue weighted by Crippen LogP contribution is -1.95. The minimum Gasteiger partial charge on any atom is -0.497 e. The number of anilines is 2. The Hall–Kier alpha value is -1.97. The molecule has 0 saturated heterocycles. The Labute approximate surface area is 140 Å². The summed E-state index contributed by atoms with van der Waals surface area (Å²) in [6, 6.07) is 15.5. The molecule has 3 nitrogen and oxygen atoms in total. The lowest BCUT2D eigenvalue weighted by atomic mass is 10.1. The van der Waals surface area contributed by atoms with Crippen LogP contribution in [-0.2, 0) is 0 Å². The highest BCUT2D eigenvalue weighted by Crippen LogP contribution is 2.29. The summed E-state index contributed by atoms with van der Waals surface area (Å²) in [6.07, 6.45) is 0. The number of ether oxygens (including phenoxy) is 1. The number of hydrogen-bond acceptors (Lipinski definition) is 3. The van der Waals surface area contributed by atoms with Gasteiger partial charge in [-0.05, 0) is 43.3 Å². The highest BCUT2D eigenvalue weighted by Gasteiger charge is 2.06. The Morgan fingerprint density at radius 2 is 1.91 bits per heavy atom. The van der Waals surface area contributed by atoms with Gasteiger partial charge >= 0.3 is 0 Å². The van der Waals surface area contributed by atoms with Crippen molar-refractivity contribution in [3.05, 3.63) is 59.2 Å². The van der Waals surface area contributed by atoms with Gasteiger partial charge in [-0.1, -0.05) is 17.7 Å². The van der Waals surface area contributed by atoms with Crippen molar-refractivity contribution in [2.24, 2.45) is 0 Å². The molecule has 1 heterocycles. The van der Waals surface area contributed by atoms with Gasteiger partial charge in [0.05, 0.1) is 12.6 Å². The van der Waals surface area contributed by atoms with Crippen LogP contribution < -0.4 is 10.1 Å². The summed E-state index contributed by atoms with van der Waals surface area (Å²) in [5.41, 5.74) is 3.81. The summed E-state index contributed by atoms with van der Waals surface area (Å²) in [5.74, 6) is 0.813. The van der Waals surface area contributed by atoms with Crippen molar-refractivity contribution in [2.75, 3.05) is 12.4 Å². The first-order valence-electron chi connectivity index (χ1n) is 6.64. The van der Waals surface area contributed by atoms with Crippen LogP contribution in [0, 0.1) is 6.92 Å². The maximum absolute atomic E-state index is 6.11. The molecular formula is C17H16Cl2N2O. The van der Waals surface area contributed by atoms with Crippen LogP contribution in [0.15, 0.2) is 48.5 Å². The van der Waals surface area contributed by atoms with Gasteiger partial charge in [0.25, 0.3) is 0 Å². The third kappa shape index (κ3) is 3.43. The Morgan fingerprint density at radius 1 is 1.09 bits per heavy atom. The lowest BCUT2D eigenvalue weighted by molar-refractivity contribution is 0.415. The van der Waals surface area contributed by atoms with E-state index in [0.29, 0.717) is 5.02 Å². The number of pyridine rings is 1. The van der Waals surface area contributed by atoms with Gasteiger partial charge in [0.15, 0.2) is 0 Å². The quantitative estimate of drug-likeness (QED) is 0.699. The van der Waals surface area contributed by atoms with Crippen molar-refractivity contribution in [1.82, 2.24) is 4.98 Å². The maximum Gasteiger partial charge on any atom is 0.120 e. The van der Waals surface area contributed by atoms with Gasteiger partial charge < -0.3 is 10.1 Å². The molecule has 1 N–H and O–H groups in total. The summed E-state index contributed by atoms with van der Waals surface area (Å²) < 4.78 is 5.25. The molecule has 0 amide bonds. The number of nitrogens with zero attached hydrogens (tertiary/aromatic N) is 1. The minimum atomic E-state index is 0. The van der Waals surface area contributed by atoms with Crippen LogP contribution in [0.1, 0.15) is 5.69 Å². The third-order valence-corrected chi connectivity index (χ3v) is 3.48. The fraction of sp³-hybridized carbons (Fsp3) is 0.118. The number of aryl methyl sites for hydroxylation is 1. The van der Waals surface area contributed by atoms with Crippen molar-refractivity contribution in [2.45, 2.75) is 6.92 Å². The topological polar surface area (TPSA) is 34.1 Å². The molecule has 0 aliphatic carbocycles. The van der Waals surface area contributed by atoms with Gasteiger partial charge in [-0.2, -0.15) is 0 Å². The second kappa shape index (κ2) is 6.86. The first-order valence-corrected chi connectivity index (χ1v) is 7.01. The summed E-state index contributed by atoms with van der Waals surface area (Å²) in [7, 11) is 1.66. The summed E-state index contributed by atoms with van der Waals surface area (Å²) in [6.45, 7) is 1.98. The zero-order valence-corrected chi connectivity index (χ0v) is 13.8. The van der Waals surface area contributed by atoms with Crippen LogP contribution in [0.4, 0.5) is 11.4 Å². The van der Waals surface area contributed by atoms with E-state index < -0.39 is 0 Å². The summed E-state index contributed by atoms with van der Waals surface area (Å²) >= 11 is 6.11. The third-order valence-electron chi connectivity index (χ3n) is 3.25. The average Bonchev–Trinajstić information content (AvgIpc) is 2.48. The smallest absolute Gasteiger partial charge is 0.120 e. The molecular weight excluding hydrogens is 319 g/mol. The van der Waals surface area contributed by atoms with Gasteiger partial charge in [0.2, 0.25) is 0 Å². The minimum absolute atomic E-state index is 0. The normalized spacial score (nSPS) is 10.1. The van der Waals surface area contributed by atoms with Gasteiger partial charge in [0, 0.05) is 33.5 Å². The Kier molecular flexibility index (Phi) is 5.11. The zero-order valence-electron chi connectivity index (χ0n) is 12.3. The molecule has 2 aromatic carbocycles. The lowest BCUT2D eigenvalue weighted by Gasteiger charge is -2.12. The molecule has 0 saturated carbocycles. The molecule has 1 aromatic heterocycles. The molecule has 3 aromatic rings. The van der Waals surface area contributed by atoms with Crippen LogP contribution in [0.25, 0.3) is 10.9 Å². The predicted octanol–water partition coefficient (Wildman–Crippen LogP) is 5.37. The second-order valence-corrected chi connectivity index (χ2v) is 5.27. The highest BCUT2D eigenvalue weighted by atomic mass is 35.5. The van der Waals surface area contributed by atoms with Gasteiger partial charge in [0.1, 0.15) is 5.75 Å². The standard InChI is InChI=1S/C17H15ClN2O.ClH/c1-11-8-17(15-9-12(18)6-7-16(15)19-11)20-13-4-3-5-14(10-13)21-2;/h3-10H,1-2H3,(H,19,20);1H. The van der Waals surface area contributed by atoms with Crippen LogP contribution in [0.5, 0.6) is 5.75 Å². The Bertz CT molecular complexity index is 806. The number of hydrogen-bond donors (Lipinski definition) is 1. The van der Waals surface area contributed by atoms with E-state index in [2.05, 4.69) is 10.3 Å². The molecule has 0 bridgehead atoms. The molecule has 3 rings (SSSR count). The highest BCUT2D eigenvalue weighted by molar-refractivity contribution is 6.31. The number of nitrogens with one attached hydrogen (secondary N) is 1. The molecule has 5 heteroatoms. The van der Waals surface area contributed by atoms with Crippen LogP contribution in [-0.4, -0.2) is 12.1 Å². The van der Waals surface area contributed by atoms with Crippen LogP contribution in [0.3, 0.4) is 0 Å². The first-order chi connectivity index (χ1) is 10.2. The summed E-state index contributed by atoms with van der Waals surface area (Å²) in [5, 5.41) is 5.10. The van der Waals surface area contributed by atoms with Gasteiger partial charge in [-0.15, -0.1) is 12.4 Å². The summed E-state index contributed by atoms with van der Waals surface area (Å²) in [4.78, 5) is 4.53. The molecule has 0 unspecified atom stereocenters. The van der Waals surface area contributed by atoms with Crippen molar-refractivity contribution in [3.8, 4) is 5.75 Å². The van der Waals surface area contributed by atoms with E-state index in [0.717, 1.165) is 33.7 Å². The molecule has 0 atom stereocenters. The monoisotopic (exact) mass is 334 g/mol. The zero-order chi connectivity index (χ0) is 14.8. The van der Waals surface area contributed by atoms with E-state index in [9.17, 15) is 0 Å². The predicted molar refractivity (Wildman–Crippen MR) is 95.0 cm³/mol. The Balaban J connectivity index is 0.00000176. The van der Waals surface area contributed by atoms with E-state index >= 15 is 0 Å². The van der Waals surface area contributed by atoms with Gasteiger partial charge in [-0.25, -0.2) is 0 Å². The molecule has 22 heavy (non-hydrogen) atoms. The number of methoxy groups -OCH3 is 1. The van der Waals surface area contributed by atoms with E-state index in [4.69, 9.17) is 16.3 Å². The van der Waals surface area contributed by atoms with Gasteiger partial charge in [-0.3, -0.25) is 4.98 Å². The molecule has 0 radical (unpaired) electrons. The molecule has 0 fully saturated rings. The number of aromatic nitrogens is 1. The van der Waals surface area contributed by atoms with E-state index in [-0.39, 0.29) is 12.4 Å². The van der Waals surface area contributed by atoms with E-state index in [1.54, 1.807) is 7.11 Å². The SMILES string of the molecule is COc1cccc(Nc2cc(C)nc3ccc(Cl)cc23)c1.Cl.